The summed E-state index contributed by atoms with van der Waals surface area (Å²) in [4.78, 5) is 41.7. The normalized spacial score (nSPS) is 20.3. The molecule has 0 radical (unpaired) electrons. The van der Waals surface area contributed by atoms with Gasteiger partial charge in [-0.25, -0.2) is 0 Å². The molecular formula is C48H94N4O7. The van der Waals surface area contributed by atoms with E-state index in [4.69, 9.17) is 10.5 Å². The quantitative estimate of drug-likeness (QED) is 0.0262. The molecule has 1 aliphatic rings. The summed E-state index contributed by atoms with van der Waals surface area (Å²) in [5.41, 5.74) is 5.72. The van der Waals surface area contributed by atoms with Gasteiger partial charge in [0.15, 0.2) is 0 Å². The van der Waals surface area contributed by atoms with Gasteiger partial charge in [0.1, 0.15) is 18.2 Å². The van der Waals surface area contributed by atoms with E-state index in [1.54, 1.807) is 0 Å². The molecule has 1 heterocycles. The Morgan fingerprint density at radius 1 is 0.627 bits per heavy atom. The van der Waals surface area contributed by atoms with Crippen molar-refractivity contribution in [2.75, 3.05) is 13.2 Å². The summed E-state index contributed by atoms with van der Waals surface area (Å²) in [6.07, 6.45) is 33.8. The molecule has 11 nitrogen and oxygen atoms in total. The molecule has 0 aromatic rings. The fourth-order valence-electron chi connectivity index (χ4n) is 8.31. The van der Waals surface area contributed by atoms with Crippen molar-refractivity contribution in [2.45, 2.75) is 276 Å². The molecule has 1 fully saturated rings. The second kappa shape index (κ2) is 35.8. The van der Waals surface area contributed by atoms with Crippen LogP contribution in [0.4, 0.5) is 0 Å². The molecule has 0 bridgehead atoms. The van der Waals surface area contributed by atoms with Crippen molar-refractivity contribution in [1.82, 2.24) is 15.5 Å². The van der Waals surface area contributed by atoms with E-state index in [1.165, 1.54) is 166 Å². The molecule has 3 amide bonds. The molecule has 7 N–H and O–H groups in total. The van der Waals surface area contributed by atoms with E-state index in [2.05, 4.69) is 24.5 Å². The summed E-state index contributed by atoms with van der Waals surface area (Å²) in [6.45, 7) is 7.21. The number of nitrogens with zero attached hydrogens (tertiary/aromatic N) is 1. The topological polar surface area (TPSA) is 174 Å². The third-order valence-corrected chi connectivity index (χ3v) is 12.2. The van der Waals surface area contributed by atoms with Crippen molar-refractivity contribution in [3.8, 4) is 0 Å². The zero-order valence-electron chi connectivity index (χ0n) is 38.6. The number of aliphatic hydroxyl groups excluding tert-OH is 3. The predicted octanol–water partition coefficient (Wildman–Crippen LogP) is 9.46. The fourth-order valence-corrected chi connectivity index (χ4v) is 8.31. The molecule has 59 heavy (non-hydrogen) atoms. The summed E-state index contributed by atoms with van der Waals surface area (Å²) in [5.74, 6) is -3.17. The zero-order valence-corrected chi connectivity index (χ0v) is 38.6. The van der Waals surface area contributed by atoms with Crippen LogP contribution in [0.3, 0.4) is 0 Å². The van der Waals surface area contributed by atoms with Crippen LogP contribution < -0.4 is 16.4 Å². The molecule has 0 unspecified atom stereocenters. The molecular weight excluding hydrogens is 745 g/mol. The van der Waals surface area contributed by atoms with Gasteiger partial charge in [-0.3, -0.25) is 19.3 Å². The van der Waals surface area contributed by atoms with Gasteiger partial charge in [0.25, 0.3) is 0 Å². The van der Waals surface area contributed by atoms with Crippen LogP contribution in [0, 0.1) is 0 Å². The first kappa shape index (κ1) is 55.2. The van der Waals surface area contributed by atoms with Crippen LogP contribution in [-0.2, 0) is 19.1 Å². The Morgan fingerprint density at radius 2 is 1.00 bits per heavy atom. The van der Waals surface area contributed by atoms with E-state index in [1.807, 2.05) is 0 Å². The molecule has 6 atom stereocenters. The summed E-state index contributed by atoms with van der Waals surface area (Å²) in [6, 6.07) is -1.85. The number of ether oxygens (including phenoxy) is 1. The third kappa shape index (κ3) is 25.7. The lowest BCUT2D eigenvalue weighted by Crippen LogP contribution is -2.72. The first-order valence-corrected chi connectivity index (χ1v) is 24.9. The number of nitrogens with two attached hydrogens (primary N) is 1. The first-order valence-electron chi connectivity index (χ1n) is 24.9. The zero-order chi connectivity index (χ0) is 43.6. The molecule has 0 aromatic carbocycles. The lowest BCUT2D eigenvalue weighted by atomic mass is 9.96. The number of hydrogen-bond acceptors (Lipinski definition) is 8. The number of nitrogens with one attached hydrogen (secondary N) is 2. The average Bonchev–Trinajstić information content (AvgIpc) is 3.21. The molecule has 11 heteroatoms. The van der Waals surface area contributed by atoms with Crippen LogP contribution in [0.25, 0.3) is 0 Å². The number of hydrogen-bond donors (Lipinski definition) is 6. The van der Waals surface area contributed by atoms with Gasteiger partial charge in [0.05, 0.1) is 18.8 Å². The van der Waals surface area contributed by atoms with E-state index >= 15 is 0 Å². The molecule has 348 valence electrons. The maximum atomic E-state index is 14.2. The highest BCUT2D eigenvalue weighted by molar-refractivity contribution is 5.89. The Morgan fingerprint density at radius 3 is 1.37 bits per heavy atom. The molecule has 0 aliphatic carbocycles. The smallest absolute Gasteiger partial charge is 0.245 e. The largest absolute Gasteiger partial charge is 0.394 e. The van der Waals surface area contributed by atoms with Gasteiger partial charge in [0, 0.05) is 19.4 Å². The lowest BCUT2D eigenvalue weighted by Gasteiger charge is -2.51. The number of unbranched alkanes of at least 4 members (excludes halogenated alkanes) is 29. The average molecular weight is 839 g/mol. The van der Waals surface area contributed by atoms with Gasteiger partial charge in [-0.15, -0.1) is 0 Å². The maximum Gasteiger partial charge on any atom is 0.245 e. The molecule has 0 saturated carbocycles. The number of aliphatic hydroxyl groups is 3. The maximum absolute atomic E-state index is 14.2. The fraction of sp³-hybridized carbons (Fsp3) is 0.938. The van der Waals surface area contributed by atoms with Crippen LogP contribution >= 0.6 is 0 Å². The van der Waals surface area contributed by atoms with E-state index in [0.29, 0.717) is 12.8 Å². The van der Waals surface area contributed by atoms with E-state index in [9.17, 15) is 29.7 Å². The first-order chi connectivity index (χ1) is 28.5. The standard InChI is InChI=1S/C48H94N4O7/c1-5-7-9-11-13-15-17-19-21-23-25-27-29-31-33-35-37-52(44(55)36-34-32-30-28-26-24-22-20-18-16-14-12-10-8-6-2)48(38-42(54)45(56)43(39-53)59-48)51-47(58)41(4)50-46(57)40(3)49/h40-43,45,53-54,56H,5-39,49H2,1-4H3,(H,50,57)(H,51,58)/t40-,41+,42-,43-,45+,48+/m1/s1. The number of amides is 3. The number of carbonyl (C=O) groups is 3. The van der Waals surface area contributed by atoms with Gasteiger partial charge < -0.3 is 36.4 Å². The van der Waals surface area contributed by atoms with Crippen LogP contribution in [-0.4, -0.2) is 87.3 Å². The minimum Gasteiger partial charge on any atom is -0.394 e. The molecule has 1 aliphatic heterocycles. The van der Waals surface area contributed by atoms with Gasteiger partial charge >= 0.3 is 0 Å². The van der Waals surface area contributed by atoms with Crippen molar-refractivity contribution in [2.24, 2.45) is 5.73 Å². The van der Waals surface area contributed by atoms with Gasteiger partial charge in [-0.2, -0.15) is 0 Å². The second-order valence-electron chi connectivity index (χ2n) is 17.9. The van der Waals surface area contributed by atoms with E-state index in [0.717, 1.165) is 38.5 Å². The highest BCUT2D eigenvalue weighted by Gasteiger charge is 2.52. The van der Waals surface area contributed by atoms with Crippen molar-refractivity contribution in [1.29, 1.82) is 0 Å². The Kier molecular flexibility index (Phi) is 33.5. The van der Waals surface area contributed by atoms with Crippen LogP contribution in [0.15, 0.2) is 0 Å². The minimum absolute atomic E-state index is 0.214. The lowest BCUT2D eigenvalue weighted by molar-refractivity contribution is -0.280. The number of rotatable bonds is 39. The van der Waals surface area contributed by atoms with Crippen LogP contribution in [0.1, 0.15) is 240 Å². The molecule has 0 aromatic heterocycles. The van der Waals surface area contributed by atoms with Crippen LogP contribution in [0.2, 0.25) is 0 Å². The van der Waals surface area contributed by atoms with Crippen molar-refractivity contribution in [3.63, 3.8) is 0 Å². The summed E-state index contributed by atoms with van der Waals surface area (Å²) in [7, 11) is 0. The van der Waals surface area contributed by atoms with Gasteiger partial charge in [-0.05, 0) is 26.7 Å². The summed E-state index contributed by atoms with van der Waals surface area (Å²) in [5, 5.41) is 37.3. The Bertz CT molecular complexity index is 1050. The summed E-state index contributed by atoms with van der Waals surface area (Å²) >= 11 is 0. The highest BCUT2D eigenvalue weighted by Crippen LogP contribution is 2.33. The summed E-state index contributed by atoms with van der Waals surface area (Å²) < 4.78 is 6.25. The second-order valence-corrected chi connectivity index (χ2v) is 17.9. The Balaban J connectivity index is 2.76. The predicted molar refractivity (Wildman–Crippen MR) is 242 cm³/mol. The van der Waals surface area contributed by atoms with Crippen molar-refractivity contribution < 1.29 is 34.4 Å². The van der Waals surface area contributed by atoms with Gasteiger partial charge in [0.2, 0.25) is 23.6 Å². The minimum atomic E-state index is -1.82. The van der Waals surface area contributed by atoms with E-state index in [-0.39, 0.29) is 25.3 Å². The van der Waals surface area contributed by atoms with Gasteiger partial charge in [-0.1, -0.05) is 200 Å². The third-order valence-electron chi connectivity index (χ3n) is 12.2. The highest BCUT2D eigenvalue weighted by atomic mass is 16.6. The Hall–Kier alpha value is -1.79. The van der Waals surface area contributed by atoms with Crippen LogP contribution in [0.5, 0.6) is 0 Å². The SMILES string of the molecule is CCCCCCCCCCCCCCCCCCN(C(=O)CCCCCCCCCCCCCCCCC)[C@@]1(NC(=O)[C@H](C)NC(=O)[C@@H](C)N)C[C@@H](O)[C@H](O)[C@@H](CO)O1. The molecule has 1 rings (SSSR count). The van der Waals surface area contributed by atoms with Crippen molar-refractivity contribution in [3.05, 3.63) is 0 Å². The van der Waals surface area contributed by atoms with E-state index < -0.39 is 54.7 Å². The molecule has 1 saturated heterocycles. The number of carbonyl (C=O) groups excluding carboxylic acids is 3. The Labute approximate surface area is 361 Å². The van der Waals surface area contributed by atoms with Crippen molar-refractivity contribution >= 4 is 17.7 Å². The monoisotopic (exact) mass is 839 g/mol. The molecule has 0 spiro atoms.